The van der Waals surface area contributed by atoms with Crippen LogP contribution in [0.15, 0.2) is 29.0 Å². The maximum atomic E-state index is 13.5. The first-order valence-corrected chi connectivity index (χ1v) is 5.18. The monoisotopic (exact) mass is 249 g/mol. The Bertz CT molecular complexity index is 552. The number of halogens is 2. The van der Waals surface area contributed by atoms with Crippen LogP contribution in [0.5, 0.6) is 0 Å². The van der Waals surface area contributed by atoms with Crippen molar-refractivity contribution in [2.45, 2.75) is 13.1 Å². The van der Waals surface area contributed by atoms with Crippen LogP contribution < -0.4 is 5.32 Å². The van der Waals surface area contributed by atoms with E-state index in [0.29, 0.717) is 12.2 Å². The predicted octanol–water partition coefficient (Wildman–Crippen LogP) is 2.11. The highest BCUT2D eigenvalue weighted by Crippen LogP contribution is 2.15. The van der Waals surface area contributed by atoms with Crippen molar-refractivity contribution >= 4 is 0 Å². The lowest BCUT2D eigenvalue weighted by Gasteiger charge is -2.06. The van der Waals surface area contributed by atoms with Gasteiger partial charge in [-0.1, -0.05) is 5.16 Å². The largest absolute Gasteiger partial charge is 0.364 e. The number of aromatic nitrogens is 1. The second-order valence-electron chi connectivity index (χ2n) is 3.62. The minimum Gasteiger partial charge on any atom is -0.364 e. The van der Waals surface area contributed by atoms with Crippen LogP contribution in [0.2, 0.25) is 0 Å². The zero-order valence-corrected chi connectivity index (χ0v) is 9.28. The van der Waals surface area contributed by atoms with Crippen LogP contribution in [-0.2, 0) is 13.1 Å². The Morgan fingerprint density at radius 3 is 2.56 bits per heavy atom. The highest BCUT2D eigenvalue weighted by atomic mass is 19.1. The number of hydrogen-bond acceptors (Lipinski definition) is 4. The number of nitrogens with zero attached hydrogens (tertiary/aromatic N) is 2. The van der Waals surface area contributed by atoms with Crippen LogP contribution in [-0.4, -0.2) is 5.16 Å². The van der Waals surface area contributed by atoms with Crippen molar-refractivity contribution in [1.29, 1.82) is 5.26 Å². The summed E-state index contributed by atoms with van der Waals surface area (Å²) in [6.45, 7) is 0.353. The third-order valence-corrected chi connectivity index (χ3v) is 2.37. The van der Waals surface area contributed by atoms with Gasteiger partial charge in [-0.2, -0.15) is 5.26 Å². The van der Waals surface area contributed by atoms with Gasteiger partial charge in [0.2, 0.25) is 0 Å². The van der Waals surface area contributed by atoms with Crippen LogP contribution in [0.25, 0.3) is 0 Å². The zero-order valence-electron chi connectivity index (χ0n) is 9.28. The standard InChI is InChI=1S/C12H9F2N3O/c13-11-3-8(5-15)4-12(14)10(11)7-16-6-9-1-2-18-17-9/h1-4,16H,6-7H2. The third-order valence-electron chi connectivity index (χ3n) is 2.37. The molecule has 0 fully saturated rings. The predicted molar refractivity (Wildman–Crippen MR) is 58.1 cm³/mol. The first-order valence-electron chi connectivity index (χ1n) is 5.18. The van der Waals surface area contributed by atoms with Gasteiger partial charge in [-0.05, 0) is 12.1 Å². The molecule has 1 heterocycles. The van der Waals surface area contributed by atoms with E-state index < -0.39 is 11.6 Å². The lowest BCUT2D eigenvalue weighted by molar-refractivity contribution is 0.408. The molecule has 0 aliphatic rings. The molecule has 0 saturated carbocycles. The first-order chi connectivity index (χ1) is 8.70. The zero-order chi connectivity index (χ0) is 13.0. The van der Waals surface area contributed by atoms with Crippen molar-refractivity contribution in [3.63, 3.8) is 0 Å². The summed E-state index contributed by atoms with van der Waals surface area (Å²) in [7, 11) is 0. The Hall–Kier alpha value is -2.26. The maximum absolute atomic E-state index is 13.5. The van der Waals surface area contributed by atoms with E-state index in [4.69, 9.17) is 5.26 Å². The average molecular weight is 249 g/mol. The van der Waals surface area contributed by atoms with E-state index in [1.54, 1.807) is 12.1 Å². The van der Waals surface area contributed by atoms with Gasteiger partial charge in [0.25, 0.3) is 0 Å². The molecular weight excluding hydrogens is 240 g/mol. The van der Waals surface area contributed by atoms with Gasteiger partial charge >= 0.3 is 0 Å². The van der Waals surface area contributed by atoms with E-state index in [-0.39, 0.29) is 17.7 Å². The smallest absolute Gasteiger partial charge is 0.131 e. The van der Waals surface area contributed by atoms with Crippen LogP contribution in [0.1, 0.15) is 16.8 Å². The first kappa shape index (κ1) is 12.2. The lowest BCUT2D eigenvalue weighted by Crippen LogP contribution is -2.15. The normalized spacial score (nSPS) is 10.3. The van der Waals surface area contributed by atoms with Crippen molar-refractivity contribution in [2.75, 3.05) is 0 Å². The second-order valence-corrected chi connectivity index (χ2v) is 3.62. The molecule has 0 spiro atoms. The average Bonchev–Trinajstić information content (AvgIpc) is 2.85. The molecule has 6 heteroatoms. The van der Waals surface area contributed by atoms with Crippen molar-refractivity contribution in [3.05, 3.63) is 52.9 Å². The molecule has 4 nitrogen and oxygen atoms in total. The number of nitriles is 1. The fraction of sp³-hybridized carbons (Fsp3) is 0.167. The minimum atomic E-state index is -0.737. The summed E-state index contributed by atoms with van der Waals surface area (Å²) in [4.78, 5) is 0. The van der Waals surface area contributed by atoms with E-state index in [0.717, 1.165) is 12.1 Å². The molecule has 0 unspecified atom stereocenters. The molecule has 0 bridgehead atoms. The van der Waals surface area contributed by atoms with Gasteiger partial charge in [0, 0.05) is 24.7 Å². The number of rotatable bonds is 4. The molecule has 1 aromatic carbocycles. The molecule has 0 amide bonds. The molecule has 18 heavy (non-hydrogen) atoms. The van der Waals surface area contributed by atoms with Gasteiger partial charge in [-0.25, -0.2) is 8.78 Å². The summed E-state index contributed by atoms with van der Waals surface area (Å²) < 4.78 is 31.6. The highest BCUT2D eigenvalue weighted by Gasteiger charge is 2.11. The SMILES string of the molecule is N#Cc1cc(F)c(CNCc2ccon2)c(F)c1. The van der Waals surface area contributed by atoms with E-state index in [2.05, 4.69) is 15.0 Å². The van der Waals surface area contributed by atoms with Crippen LogP contribution in [0, 0.1) is 23.0 Å². The maximum Gasteiger partial charge on any atom is 0.131 e. The van der Waals surface area contributed by atoms with Gasteiger partial charge in [0.05, 0.1) is 17.3 Å². The number of nitrogens with one attached hydrogen (secondary N) is 1. The molecular formula is C12H9F2N3O. The summed E-state index contributed by atoms with van der Waals surface area (Å²) in [5, 5.41) is 15.1. The van der Waals surface area contributed by atoms with Crippen molar-refractivity contribution in [3.8, 4) is 6.07 Å². The van der Waals surface area contributed by atoms with Crippen molar-refractivity contribution in [1.82, 2.24) is 10.5 Å². The van der Waals surface area contributed by atoms with Gasteiger partial charge in [0.15, 0.2) is 0 Å². The molecule has 0 saturated heterocycles. The summed E-state index contributed by atoms with van der Waals surface area (Å²) in [6.07, 6.45) is 1.42. The Morgan fingerprint density at radius 2 is 2.00 bits per heavy atom. The van der Waals surface area contributed by atoms with E-state index in [9.17, 15) is 8.78 Å². The fourth-order valence-electron chi connectivity index (χ4n) is 1.48. The summed E-state index contributed by atoms with van der Waals surface area (Å²) >= 11 is 0. The van der Waals surface area contributed by atoms with Gasteiger partial charge < -0.3 is 9.84 Å². The number of benzene rings is 1. The molecule has 0 atom stereocenters. The Balaban J connectivity index is 2.03. The molecule has 92 valence electrons. The van der Waals surface area contributed by atoms with Crippen molar-refractivity contribution in [2.24, 2.45) is 0 Å². The molecule has 0 aliphatic heterocycles. The third kappa shape index (κ3) is 2.70. The van der Waals surface area contributed by atoms with Gasteiger partial charge in [-0.3, -0.25) is 0 Å². The molecule has 0 aliphatic carbocycles. The second kappa shape index (κ2) is 5.38. The van der Waals surface area contributed by atoms with Gasteiger partial charge in [0.1, 0.15) is 17.9 Å². The van der Waals surface area contributed by atoms with Crippen molar-refractivity contribution < 1.29 is 13.3 Å². The summed E-state index contributed by atoms with van der Waals surface area (Å²) in [5.41, 5.74) is 0.507. The molecule has 2 aromatic rings. The molecule has 1 aromatic heterocycles. The number of hydrogen-bond donors (Lipinski definition) is 1. The Morgan fingerprint density at radius 1 is 1.28 bits per heavy atom. The van der Waals surface area contributed by atoms with E-state index in [1.165, 1.54) is 6.26 Å². The topological polar surface area (TPSA) is 61.9 Å². The molecule has 0 radical (unpaired) electrons. The van der Waals surface area contributed by atoms with E-state index in [1.807, 2.05) is 0 Å². The van der Waals surface area contributed by atoms with Crippen LogP contribution in [0.4, 0.5) is 8.78 Å². The highest BCUT2D eigenvalue weighted by molar-refractivity contribution is 5.34. The minimum absolute atomic E-state index is 0.0102. The summed E-state index contributed by atoms with van der Waals surface area (Å²) in [6, 6.07) is 5.36. The molecule has 2 rings (SSSR count). The Kier molecular flexibility index (Phi) is 3.65. The lowest BCUT2D eigenvalue weighted by atomic mass is 10.1. The summed E-state index contributed by atoms with van der Waals surface area (Å²) in [5.74, 6) is -1.47. The van der Waals surface area contributed by atoms with Crippen LogP contribution >= 0.6 is 0 Å². The Labute approximate surface area is 102 Å². The van der Waals surface area contributed by atoms with E-state index >= 15 is 0 Å². The van der Waals surface area contributed by atoms with Gasteiger partial charge in [-0.15, -0.1) is 0 Å². The fourth-order valence-corrected chi connectivity index (χ4v) is 1.48. The molecule has 1 N–H and O–H groups in total. The van der Waals surface area contributed by atoms with Crippen LogP contribution in [0.3, 0.4) is 0 Å². The quantitative estimate of drug-likeness (QED) is 0.901.